The Bertz CT molecular complexity index is 1680. The van der Waals surface area contributed by atoms with Gasteiger partial charge >= 0.3 is 17.9 Å². The molecule has 310 valence electrons. The lowest BCUT2D eigenvalue weighted by atomic mass is 9.79. The predicted octanol–water partition coefficient (Wildman–Crippen LogP) is 6.23. The molecule has 0 amide bonds. The van der Waals surface area contributed by atoms with Crippen LogP contribution in [-0.2, 0) is 81.6 Å². The zero-order valence-electron chi connectivity index (χ0n) is 33.6. The first-order chi connectivity index (χ1) is 27.5. The third-order valence-corrected chi connectivity index (χ3v) is 9.95. The lowest BCUT2D eigenvalue weighted by Crippen LogP contribution is -2.72. The number of hydrogen-bond donors (Lipinski definition) is 0. The molecule has 2 saturated heterocycles. The fourth-order valence-electron chi connectivity index (χ4n) is 7.35. The maximum Gasteiger partial charge on any atom is 0.303 e. The Morgan fingerprint density at radius 1 is 0.632 bits per heavy atom. The number of esters is 3. The van der Waals surface area contributed by atoms with Crippen LogP contribution in [0.25, 0.3) is 0 Å². The molecule has 13 heteroatoms. The summed E-state index contributed by atoms with van der Waals surface area (Å²) in [6.07, 6.45) is -7.89. The minimum atomic E-state index is -1.43. The Hall–Kier alpha value is -4.21. The van der Waals surface area contributed by atoms with Crippen LogP contribution in [0.15, 0.2) is 91.0 Å². The van der Waals surface area contributed by atoms with Crippen LogP contribution in [0.5, 0.6) is 0 Å². The third-order valence-electron chi connectivity index (χ3n) is 9.95. The summed E-state index contributed by atoms with van der Waals surface area (Å²) in [5.74, 6) is -2.02. The second-order valence-electron chi connectivity index (χ2n) is 14.3. The third kappa shape index (κ3) is 11.9. The van der Waals surface area contributed by atoms with Gasteiger partial charge in [-0.25, -0.2) is 0 Å². The van der Waals surface area contributed by atoms with Crippen LogP contribution in [-0.4, -0.2) is 92.5 Å². The van der Waals surface area contributed by atoms with Crippen LogP contribution in [0.4, 0.5) is 0 Å². The standard InChI is InChI=1S/C44H56O13/c1-7-8-24-44(57-43-39(55-32(5)47)38(54-31(4)46)37(29(2)52-43)53-30(3)45)36(28-49-25-33-18-12-9-13-19-33)56-42(48-6)40(50-26-34-20-14-10-15-21-34)41(44)51-27-35-22-16-11-17-23-35/h9-23,29,36-43H,7-8,24-28H2,1-6H3/t29?,36?,37-,38?,39?,40?,41?,42-,43-,44-/m0/s1. The van der Waals surface area contributed by atoms with Crippen molar-refractivity contribution < 1.29 is 61.8 Å². The van der Waals surface area contributed by atoms with Crippen molar-refractivity contribution in [3.8, 4) is 0 Å². The van der Waals surface area contributed by atoms with E-state index in [1.54, 1.807) is 14.0 Å². The molecule has 2 aliphatic rings. The van der Waals surface area contributed by atoms with E-state index in [0.717, 1.165) is 23.1 Å². The molecule has 0 spiro atoms. The fourth-order valence-corrected chi connectivity index (χ4v) is 7.35. The van der Waals surface area contributed by atoms with Gasteiger partial charge in [0.05, 0.1) is 32.5 Å². The first-order valence-corrected chi connectivity index (χ1v) is 19.5. The van der Waals surface area contributed by atoms with Gasteiger partial charge in [0.25, 0.3) is 0 Å². The second-order valence-corrected chi connectivity index (χ2v) is 14.3. The van der Waals surface area contributed by atoms with Crippen molar-refractivity contribution >= 4 is 17.9 Å². The molecule has 0 aromatic heterocycles. The van der Waals surface area contributed by atoms with Crippen molar-refractivity contribution in [1.82, 2.24) is 0 Å². The van der Waals surface area contributed by atoms with Gasteiger partial charge in [0, 0.05) is 27.9 Å². The minimum Gasteiger partial charge on any atom is -0.456 e. The minimum absolute atomic E-state index is 0.0268. The van der Waals surface area contributed by atoms with Gasteiger partial charge in [-0.2, -0.15) is 0 Å². The molecule has 0 N–H and O–H groups in total. The summed E-state index contributed by atoms with van der Waals surface area (Å²) in [6, 6.07) is 29.2. The van der Waals surface area contributed by atoms with Gasteiger partial charge in [0.2, 0.25) is 0 Å². The molecule has 0 aliphatic carbocycles. The smallest absolute Gasteiger partial charge is 0.303 e. The van der Waals surface area contributed by atoms with E-state index in [9.17, 15) is 14.4 Å². The number of carbonyl (C=O) groups is 3. The van der Waals surface area contributed by atoms with E-state index in [4.69, 9.17) is 47.4 Å². The van der Waals surface area contributed by atoms with Crippen LogP contribution < -0.4 is 0 Å². The van der Waals surface area contributed by atoms with Gasteiger partial charge in [-0.05, 0) is 30.0 Å². The van der Waals surface area contributed by atoms with E-state index in [-0.39, 0.29) is 26.4 Å². The molecule has 3 aromatic rings. The monoisotopic (exact) mass is 792 g/mol. The summed E-state index contributed by atoms with van der Waals surface area (Å²) in [6.45, 7) is 8.06. The van der Waals surface area contributed by atoms with E-state index in [0.29, 0.717) is 12.8 Å². The second kappa shape index (κ2) is 21.5. The van der Waals surface area contributed by atoms with Crippen molar-refractivity contribution in [2.24, 2.45) is 0 Å². The van der Waals surface area contributed by atoms with Crippen LogP contribution in [0.3, 0.4) is 0 Å². The summed E-state index contributed by atoms with van der Waals surface area (Å²) < 4.78 is 63.9. The SMILES string of the molecule is CCCC[C@]1(O[C@@H]2OC(C)[C@H](OC(C)=O)C(OC(C)=O)C2OC(C)=O)C(COCc2ccccc2)O[C@H](OC)C(OCc2ccccc2)C1OCc1ccccc1. The van der Waals surface area contributed by atoms with Crippen molar-refractivity contribution in [3.05, 3.63) is 108 Å². The maximum absolute atomic E-state index is 12.8. The van der Waals surface area contributed by atoms with Gasteiger partial charge in [0.15, 0.2) is 30.9 Å². The highest BCUT2D eigenvalue weighted by molar-refractivity contribution is 5.68. The Kier molecular flexibility index (Phi) is 16.6. The molecular weight excluding hydrogens is 736 g/mol. The number of methoxy groups -OCH3 is 1. The number of hydrogen-bond acceptors (Lipinski definition) is 13. The molecule has 3 aromatic carbocycles. The van der Waals surface area contributed by atoms with Crippen LogP contribution in [0.2, 0.25) is 0 Å². The van der Waals surface area contributed by atoms with Crippen molar-refractivity contribution in [2.45, 2.75) is 135 Å². The summed E-state index contributed by atoms with van der Waals surface area (Å²) in [4.78, 5) is 37.6. The van der Waals surface area contributed by atoms with Crippen LogP contribution in [0.1, 0.15) is 70.6 Å². The van der Waals surface area contributed by atoms with Crippen molar-refractivity contribution in [3.63, 3.8) is 0 Å². The first kappa shape index (κ1) is 43.9. The van der Waals surface area contributed by atoms with Gasteiger partial charge in [0.1, 0.15) is 23.9 Å². The first-order valence-electron chi connectivity index (χ1n) is 19.5. The number of benzene rings is 3. The topological polar surface area (TPSA) is 144 Å². The van der Waals surface area contributed by atoms with E-state index in [1.165, 1.54) is 20.8 Å². The van der Waals surface area contributed by atoms with E-state index in [1.807, 2.05) is 91.0 Å². The molecule has 0 saturated carbocycles. The van der Waals surface area contributed by atoms with E-state index in [2.05, 4.69) is 6.92 Å². The number of ether oxygens (including phenoxy) is 10. The molecule has 0 bridgehead atoms. The highest BCUT2D eigenvalue weighted by Crippen LogP contribution is 2.44. The maximum atomic E-state index is 12.8. The van der Waals surface area contributed by atoms with Gasteiger partial charge in [-0.1, -0.05) is 111 Å². The van der Waals surface area contributed by atoms with E-state index >= 15 is 0 Å². The Morgan fingerprint density at radius 2 is 1.14 bits per heavy atom. The lowest BCUT2D eigenvalue weighted by molar-refractivity contribution is -0.398. The molecular formula is C44H56O13. The molecule has 2 heterocycles. The highest BCUT2D eigenvalue weighted by atomic mass is 16.8. The summed E-state index contributed by atoms with van der Waals surface area (Å²) in [7, 11) is 1.54. The van der Waals surface area contributed by atoms with Gasteiger partial charge in [-0.3, -0.25) is 14.4 Å². The Balaban J connectivity index is 1.64. The van der Waals surface area contributed by atoms with Crippen LogP contribution in [0, 0.1) is 0 Å². The molecule has 2 fully saturated rings. The largest absolute Gasteiger partial charge is 0.456 e. The lowest BCUT2D eigenvalue weighted by Gasteiger charge is -2.55. The van der Waals surface area contributed by atoms with Crippen molar-refractivity contribution in [2.75, 3.05) is 13.7 Å². The number of carbonyl (C=O) groups excluding carboxylic acids is 3. The predicted molar refractivity (Wildman–Crippen MR) is 206 cm³/mol. The van der Waals surface area contributed by atoms with Gasteiger partial charge < -0.3 is 47.4 Å². The zero-order chi connectivity index (χ0) is 40.8. The van der Waals surface area contributed by atoms with E-state index < -0.39 is 78.8 Å². The average Bonchev–Trinajstić information content (AvgIpc) is 3.20. The Labute approximate surface area is 335 Å². The number of unbranched alkanes of at least 4 members (excludes halogenated alkanes) is 1. The van der Waals surface area contributed by atoms with Crippen molar-refractivity contribution in [1.29, 1.82) is 0 Å². The average molecular weight is 793 g/mol. The molecule has 5 rings (SSSR count). The zero-order valence-corrected chi connectivity index (χ0v) is 33.6. The quantitative estimate of drug-likeness (QED) is 0.100. The molecule has 6 unspecified atom stereocenters. The molecule has 10 atom stereocenters. The summed E-state index contributed by atoms with van der Waals surface area (Å²) >= 11 is 0. The van der Waals surface area contributed by atoms with Gasteiger partial charge in [-0.15, -0.1) is 0 Å². The summed E-state index contributed by atoms with van der Waals surface area (Å²) in [5, 5.41) is 0. The number of rotatable bonds is 19. The molecule has 13 nitrogen and oxygen atoms in total. The fraction of sp³-hybridized carbons (Fsp3) is 0.523. The molecule has 57 heavy (non-hydrogen) atoms. The Morgan fingerprint density at radius 3 is 1.67 bits per heavy atom. The van der Waals surface area contributed by atoms with Crippen LogP contribution >= 0.6 is 0 Å². The molecule has 0 radical (unpaired) electrons. The summed E-state index contributed by atoms with van der Waals surface area (Å²) in [5.41, 5.74) is 1.34. The highest BCUT2D eigenvalue weighted by Gasteiger charge is 2.62. The molecule has 2 aliphatic heterocycles. The normalized spacial score (nSPS) is 28.6.